The van der Waals surface area contributed by atoms with Crippen LogP contribution in [-0.2, 0) is 11.2 Å². The van der Waals surface area contributed by atoms with Gasteiger partial charge >= 0.3 is 0 Å². The highest BCUT2D eigenvalue weighted by Gasteiger charge is 2.27. The Morgan fingerprint density at radius 2 is 1.50 bits per heavy atom. The summed E-state index contributed by atoms with van der Waals surface area (Å²) in [7, 11) is 3.07. The second-order valence-corrected chi connectivity index (χ2v) is 7.75. The summed E-state index contributed by atoms with van der Waals surface area (Å²) < 4.78 is 16.4. The van der Waals surface area contributed by atoms with E-state index in [9.17, 15) is 9.59 Å². The molecule has 0 bridgehead atoms. The smallest absolute Gasteiger partial charge is 0.261 e. The van der Waals surface area contributed by atoms with Crippen molar-refractivity contribution < 1.29 is 23.8 Å². The second kappa shape index (κ2) is 11.4. The Labute approximate surface area is 189 Å². The van der Waals surface area contributed by atoms with Crippen LogP contribution >= 0.6 is 0 Å². The molecule has 1 heterocycles. The summed E-state index contributed by atoms with van der Waals surface area (Å²) in [5, 5.41) is 0. The molecule has 0 unspecified atom stereocenters. The lowest BCUT2D eigenvalue weighted by Gasteiger charge is -2.23. The molecule has 2 aromatic carbocycles. The fraction of sp³-hybridized carbons (Fsp3) is 0.440. The van der Waals surface area contributed by atoms with Gasteiger partial charge in [-0.1, -0.05) is 31.5 Å². The molecule has 0 radical (unpaired) electrons. The number of benzene rings is 2. The van der Waals surface area contributed by atoms with Gasteiger partial charge in [0.25, 0.3) is 11.8 Å². The lowest BCUT2D eigenvalue weighted by Crippen LogP contribution is -2.39. The fourth-order valence-corrected chi connectivity index (χ4v) is 3.87. The first-order valence-electron chi connectivity index (χ1n) is 11.1. The predicted octanol–water partition coefficient (Wildman–Crippen LogP) is 3.41. The number of rotatable bonds is 8. The molecule has 7 heteroatoms. The first kappa shape index (κ1) is 23.4. The van der Waals surface area contributed by atoms with Crippen molar-refractivity contribution in [2.45, 2.75) is 26.2 Å². The minimum atomic E-state index is -0.156. The molecule has 0 N–H and O–H groups in total. The average Bonchev–Trinajstić information content (AvgIpc) is 3.09. The summed E-state index contributed by atoms with van der Waals surface area (Å²) in [6.07, 6.45) is 2.82. The van der Waals surface area contributed by atoms with E-state index in [0.717, 1.165) is 12.8 Å². The maximum Gasteiger partial charge on any atom is 0.261 e. The Hall–Kier alpha value is -3.22. The second-order valence-electron chi connectivity index (χ2n) is 7.75. The molecule has 1 aliphatic rings. The van der Waals surface area contributed by atoms with Crippen molar-refractivity contribution in [3.63, 3.8) is 0 Å². The normalized spacial score (nSPS) is 14.0. The standard InChI is InChI=1S/C25H32N2O5/c1-4-7-19-10-12-20(13-11-19)32-18-23(28)26-14-6-15-27(17-16-26)25(29)24-21(30-2)8-5-9-22(24)31-3/h5,8-13H,4,6-7,14-18H2,1-3H3. The molecular weight excluding hydrogens is 408 g/mol. The van der Waals surface area contributed by atoms with Crippen LogP contribution < -0.4 is 14.2 Å². The van der Waals surface area contributed by atoms with E-state index in [1.165, 1.54) is 19.8 Å². The zero-order valence-electron chi connectivity index (χ0n) is 19.1. The summed E-state index contributed by atoms with van der Waals surface area (Å²) in [6.45, 7) is 4.18. The lowest BCUT2D eigenvalue weighted by molar-refractivity contribution is -0.133. The van der Waals surface area contributed by atoms with E-state index in [-0.39, 0.29) is 18.4 Å². The van der Waals surface area contributed by atoms with E-state index in [1.54, 1.807) is 28.0 Å². The van der Waals surface area contributed by atoms with Crippen LogP contribution in [0, 0.1) is 0 Å². The molecule has 1 aliphatic heterocycles. The van der Waals surface area contributed by atoms with Gasteiger partial charge in [0.05, 0.1) is 14.2 Å². The summed E-state index contributed by atoms with van der Waals surface area (Å²) in [4.78, 5) is 29.4. The van der Waals surface area contributed by atoms with E-state index >= 15 is 0 Å². The zero-order chi connectivity index (χ0) is 22.9. The summed E-state index contributed by atoms with van der Waals surface area (Å²) in [5.41, 5.74) is 1.67. The maximum atomic E-state index is 13.2. The van der Waals surface area contributed by atoms with Gasteiger partial charge in [0.1, 0.15) is 22.8 Å². The van der Waals surface area contributed by atoms with Gasteiger partial charge in [-0.2, -0.15) is 0 Å². The number of nitrogens with zero attached hydrogens (tertiary/aromatic N) is 2. The third-order valence-corrected chi connectivity index (χ3v) is 5.60. The molecular formula is C25H32N2O5. The molecule has 1 fully saturated rings. The van der Waals surface area contributed by atoms with E-state index in [4.69, 9.17) is 14.2 Å². The molecule has 7 nitrogen and oxygen atoms in total. The molecule has 0 spiro atoms. The van der Waals surface area contributed by atoms with Gasteiger partial charge in [-0.05, 0) is 42.7 Å². The third kappa shape index (κ3) is 5.72. The first-order valence-corrected chi connectivity index (χ1v) is 11.1. The van der Waals surface area contributed by atoms with Crippen LogP contribution in [0.3, 0.4) is 0 Å². The third-order valence-electron chi connectivity index (χ3n) is 5.60. The van der Waals surface area contributed by atoms with Crippen molar-refractivity contribution in [2.24, 2.45) is 0 Å². The van der Waals surface area contributed by atoms with E-state index in [2.05, 4.69) is 6.92 Å². The van der Waals surface area contributed by atoms with Crippen molar-refractivity contribution in [1.29, 1.82) is 0 Å². The summed E-state index contributed by atoms with van der Waals surface area (Å²) in [6, 6.07) is 13.2. The van der Waals surface area contributed by atoms with Gasteiger partial charge in [0.15, 0.2) is 6.61 Å². The molecule has 172 valence electrons. The van der Waals surface area contributed by atoms with Crippen LogP contribution in [0.4, 0.5) is 0 Å². The Kier molecular flexibility index (Phi) is 8.36. The summed E-state index contributed by atoms with van der Waals surface area (Å²) >= 11 is 0. The van der Waals surface area contributed by atoms with Gasteiger partial charge in [-0.3, -0.25) is 9.59 Å². The first-order chi connectivity index (χ1) is 15.6. The summed E-state index contributed by atoms with van der Waals surface area (Å²) in [5.74, 6) is 1.41. The minimum absolute atomic E-state index is 0.0125. The molecule has 0 saturated carbocycles. The van der Waals surface area contributed by atoms with Crippen molar-refractivity contribution >= 4 is 11.8 Å². The lowest BCUT2D eigenvalue weighted by atomic mass is 10.1. The number of hydrogen-bond donors (Lipinski definition) is 0. The highest BCUT2D eigenvalue weighted by molar-refractivity contribution is 5.99. The van der Waals surface area contributed by atoms with Crippen molar-refractivity contribution in [2.75, 3.05) is 47.0 Å². The number of methoxy groups -OCH3 is 2. The van der Waals surface area contributed by atoms with Crippen LogP contribution in [0.25, 0.3) is 0 Å². The maximum absolute atomic E-state index is 13.2. The predicted molar refractivity (Wildman–Crippen MR) is 123 cm³/mol. The number of ether oxygens (including phenoxy) is 3. The Balaban J connectivity index is 1.58. The quantitative estimate of drug-likeness (QED) is 0.629. The van der Waals surface area contributed by atoms with Gasteiger partial charge in [0.2, 0.25) is 0 Å². The zero-order valence-corrected chi connectivity index (χ0v) is 19.1. The van der Waals surface area contributed by atoms with Crippen molar-refractivity contribution in [3.8, 4) is 17.2 Å². The van der Waals surface area contributed by atoms with E-state index < -0.39 is 0 Å². The highest BCUT2D eigenvalue weighted by Crippen LogP contribution is 2.30. The minimum Gasteiger partial charge on any atom is -0.496 e. The Morgan fingerprint density at radius 1 is 0.875 bits per heavy atom. The Morgan fingerprint density at radius 3 is 2.12 bits per heavy atom. The number of amides is 2. The number of carbonyl (C=O) groups is 2. The van der Waals surface area contributed by atoms with Crippen LogP contribution in [-0.4, -0.2) is 68.6 Å². The molecule has 0 aromatic heterocycles. The van der Waals surface area contributed by atoms with Crippen LogP contribution in [0.15, 0.2) is 42.5 Å². The van der Waals surface area contributed by atoms with E-state index in [0.29, 0.717) is 55.4 Å². The van der Waals surface area contributed by atoms with Crippen molar-refractivity contribution in [1.82, 2.24) is 9.80 Å². The molecule has 3 rings (SSSR count). The van der Waals surface area contributed by atoms with Crippen LogP contribution in [0.2, 0.25) is 0 Å². The molecule has 0 aliphatic carbocycles. The van der Waals surface area contributed by atoms with Crippen molar-refractivity contribution in [3.05, 3.63) is 53.6 Å². The monoisotopic (exact) mass is 440 g/mol. The number of hydrogen-bond acceptors (Lipinski definition) is 5. The topological polar surface area (TPSA) is 68.3 Å². The molecule has 1 saturated heterocycles. The largest absolute Gasteiger partial charge is 0.496 e. The Bertz CT molecular complexity index is 891. The highest BCUT2D eigenvalue weighted by atomic mass is 16.5. The SMILES string of the molecule is CCCc1ccc(OCC(=O)N2CCCN(C(=O)c3c(OC)cccc3OC)CC2)cc1. The van der Waals surface area contributed by atoms with Crippen LogP contribution in [0.5, 0.6) is 17.2 Å². The molecule has 2 aromatic rings. The average molecular weight is 441 g/mol. The van der Waals surface area contributed by atoms with Gasteiger partial charge in [0, 0.05) is 26.2 Å². The molecule has 32 heavy (non-hydrogen) atoms. The molecule has 2 amide bonds. The fourth-order valence-electron chi connectivity index (χ4n) is 3.87. The van der Waals surface area contributed by atoms with Gasteiger partial charge in [-0.15, -0.1) is 0 Å². The number of aryl methyl sites for hydroxylation is 1. The van der Waals surface area contributed by atoms with E-state index in [1.807, 2.05) is 24.3 Å². The van der Waals surface area contributed by atoms with Gasteiger partial charge < -0.3 is 24.0 Å². The molecule has 0 atom stereocenters. The number of carbonyl (C=O) groups excluding carboxylic acids is 2. The van der Waals surface area contributed by atoms with Gasteiger partial charge in [-0.25, -0.2) is 0 Å². The van der Waals surface area contributed by atoms with Crippen LogP contribution in [0.1, 0.15) is 35.7 Å².